The van der Waals surface area contributed by atoms with Gasteiger partial charge in [-0.05, 0) is 55.9 Å². The summed E-state index contributed by atoms with van der Waals surface area (Å²) in [5.41, 5.74) is -4.12. The molecule has 1 heterocycles. The Kier molecular flexibility index (Phi) is 6.09. The van der Waals surface area contributed by atoms with Crippen molar-refractivity contribution in [3.05, 3.63) is 73.8 Å². The molecule has 9 nitrogen and oxygen atoms in total. The van der Waals surface area contributed by atoms with Gasteiger partial charge in [-0.15, -0.1) is 0 Å². The Morgan fingerprint density at radius 1 is 1.29 bits per heavy atom. The molecular formula is C23H20F3N3O6. The summed E-state index contributed by atoms with van der Waals surface area (Å²) in [5, 5.41) is 28.2. The first kappa shape index (κ1) is 24.3. The van der Waals surface area contributed by atoms with Crippen LogP contribution in [0.3, 0.4) is 0 Å². The number of hydrogen-bond donors (Lipinski definition) is 2. The fourth-order valence-electron chi connectivity index (χ4n) is 4.57. The maximum Gasteiger partial charge on any atom is 0.426 e. The number of aromatic nitrogens is 1. The molecule has 2 atom stereocenters. The molecule has 2 unspecified atom stereocenters. The number of nitrogens with one attached hydrogen (secondary N) is 1. The van der Waals surface area contributed by atoms with Crippen molar-refractivity contribution in [1.29, 1.82) is 0 Å². The van der Waals surface area contributed by atoms with Gasteiger partial charge in [-0.3, -0.25) is 14.9 Å². The summed E-state index contributed by atoms with van der Waals surface area (Å²) in [4.78, 5) is 35.5. The third kappa shape index (κ3) is 4.36. The number of aliphatic hydroxyl groups is 1. The Hall–Kier alpha value is -3.80. The van der Waals surface area contributed by atoms with Crippen LogP contribution in [-0.4, -0.2) is 32.9 Å². The highest BCUT2D eigenvalue weighted by molar-refractivity contribution is 5.99. The highest BCUT2D eigenvalue weighted by atomic mass is 19.4. The number of aryl methyl sites for hydroxylation is 2. The molecule has 1 aliphatic rings. The molecule has 3 aromatic rings. The summed E-state index contributed by atoms with van der Waals surface area (Å²) in [6.45, 7) is 1.51. The molecular weight excluding hydrogens is 471 g/mol. The van der Waals surface area contributed by atoms with Crippen LogP contribution in [0.15, 0.2) is 45.7 Å². The van der Waals surface area contributed by atoms with Crippen LogP contribution in [-0.2, 0) is 11.2 Å². The van der Waals surface area contributed by atoms with E-state index in [1.807, 2.05) is 0 Å². The molecule has 0 bridgehead atoms. The van der Waals surface area contributed by atoms with Gasteiger partial charge in [0.05, 0.1) is 16.0 Å². The first-order chi connectivity index (χ1) is 16.4. The summed E-state index contributed by atoms with van der Waals surface area (Å²) in [6.07, 6.45) is -5.41. The van der Waals surface area contributed by atoms with E-state index in [2.05, 4.69) is 15.0 Å². The average Bonchev–Trinajstić information content (AvgIpc) is 2.80. The minimum Gasteiger partial charge on any atom is -0.373 e. The maximum absolute atomic E-state index is 14.1. The zero-order valence-electron chi connectivity index (χ0n) is 18.4. The van der Waals surface area contributed by atoms with Gasteiger partial charge in [0.1, 0.15) is 0 Å². The molecule has 0 saturated heterocycles. The summed E-state index contributed by atoms with van der Waals surface area (Å²) in [7, 11) is 0. The van der Waals surface area contributed by atoms with Crippen LogP contribution < -0.4 is 10.9 Å². The Balaban J connectivity index is 1.70. The van der Waals surface area contributed by atoms with Crippen molar-refractivity contribution in [3.63, 3.8) is 0 Å². The van der Waals surface area contributed by atoms with Crippen LogP contribution in [0.5, 0.6) is 0 Å². The van der Waals surface area contributed by atoms with Gasteiger partial charge < -0.3 is 14.9 Å². The smallest absolute Gasteiger partial charge is 0.373 e. The van der Waals surface area contributed by atoms with Crippen molar-refractivity contribution in [1.82, 2.24) is 5.16 Å². The number of hydrogen-bond acceptors (Lipinski definition) is 7. The molecule has 0 aliphatic heterocycles. The minimum atomic E-state index is -5.37. The second kappa shape index (κ2) is 8.77. The van der Waals surface area contributed by atoms with E-state index in [-0.39, 0.29) is 39.8 Å². The van der Waals surface area contributed by atoms with Crippen LogP contribution in [0, 0.1) is 17.0 Å². The van der Waals surface area contributed by atoms with Crippen LogP contribution >= 0.6 is 0 Å². The molecule has 1 aromatic heterocycles. The van der Waals surface area contributed by atoms with E-state index in [0.29, 0.717) is 18.4 Å². The molecule has 2 aromatic carbocycles. The number of alkyl halides is 3. The van der Waals surface area contributed by atoms with Crippen LogP contribution in [0.4, 0.5) is 24.5 Å². The van der Waals surface area contributed by atoms with E-state index in [4.69, 9.17) is 0 Å². The molecule has 35 heavy (non-hydrogen) atoms. The number of carbonyl (C=O) groups is 1. The van der Waals surface area contributed by atoms with Gasteiger partial charge in [0, 0.05) is 29.1 Å². The van der Waals surface area contributed by atoms with E-state index in [1.165, 1.54) is 37.3 Å². The lowest BCUT2D eigenvalue weighted by Gasteiger charge is -2.34. The second-order valence-corrected chi connectivity index (χ2v) is 8.53. The van der Waals surface area contributed by atoms with E-state index in [0.717, 1.165) is 0 Å². The quantitative estimate of drug-likeness (QED) is 0.404. The molecule has 0 fully saturated rings. The van der Waals surface area contributed by atoms with Gasteiger partial charge in [0.2, 0.25) is 5.60 Å². The first-order valence-electron chi connectivity index (χ1n) is 10.7. The van der Waals surface area contributed by atoms with Gasteiger partial charge >= 0.3 is 11.8 Å². The number of anilines is 1. The van der Waals surface area contributed by atoms with Crippen LogP contribution in [0.2, 0.25) is 0 Å². The maximum atomic E-state index is 14.1. The Labute approximate surface area is 195 Å². The fourth-order valence-corrected chi connectivity index (χ4v) is 4.57. The number of nitrogens with zero attached hydrogens (tertiary/aromatic N) is 2. The first-order valence-corrected chi connectivity index (χ1v) is 10.7. The summed E-state index contributed by atoms with van der Waals surface area (Å²) in [6, 6.07) is 7.98. The Morgan fingerprint density at radius 3 is 2.71 bits per heavy atom. The summed E-state index contributed by atoms with van der Waals surface area (Å²) < 4.78 is 46.9. The number of carbonyl (C=O) groups excluding carboxylic acids is 1. The van der Waals surface area contributed by atoms with E-state index < -0.39 is 40.6 Å². The number of benzene rings is 2. The monoisotopic (exact) mass is 491 g/mol. The summed E-state index contributed by atoms with van der Waals surface area (Å²) in [5.74, 6) is -2.80. The van der Waals surface area contributed by atoms with Gasteiger partial charge in [-0.1, -0.05) is 17.3 Å². The van der Waals surface area contributed by atoms with Crippen LogP contribution in [0.1, 0.15) is 42.0 Å². The van der Waals surface area contributed by atoms with Crippen molar-refractivity contribution < 1.29 is 32.5 Å². The molecule has 4 rings (SSSR count). The molecule has 0 saturated carbocycles. The number of nitro benzene ring substituents is 1. The van der Waals surface area contributed by atoms with Gasteiger partial charge in [-0.2, -0.15) is 13.2 Å². The zero-order chi connectivity index (χ0) is 25.5. The number of nitro groups is 1. The summed E-state index contributed by atoms with van der Waals surface area (Å²) >= 11 is 0. The predicted molar refractivity (Wildman–Crippen MR) is 118 cm³/mol. The predicted octanol–water partition coefficient (Wildman–Crippen LogP) is 4.15. The number of fused-ring (bicyclic) bond motifs is 2. The lowest BCUT2D eigenvalue weighted by molar-refractivity contribution is -0.386. The average molecular weight is 491 g/mol. The van der Waals surface area contributed by atoms with Crippen molar-refractivity contribution in [2.45, 2.75) is 50.3 Å². The lowest BCUT2D eigenvalue weighted by Crippen LogP contribution is -2.55. The highest BCUT2D eigenvalue weighted by Gasteiger charge is 2.60. The topological polar surface area (TPSA) is 136 Å². The standard InChI is InChI=1S/C23H20F3N3O6/c1-12-17-10-15(8-9-16(17)20(30)35-28-12)27-21(31)22(32,23(24,25)26)11-14-6-2-4-13-5-3-7-18(19(13)14)29(33)34/h3,5,7-10,14,32H,2,4,6,11H2,1H3,(H,27,31). The van der Waals surface area contributed by atoms with Crippen molar-refractivity contribution >= 4 is 28.1 Å². The van der Waals surface area contributed by atoms with Crippen molar-refractivity contribution in [3.8, 4) is 0 Å². The third-order valence-corrected chi connectivity index (χ3v) is 6.32. The van der Waals surface area contributed by atoms with Gasteiger partial charge in [0.15, 0.2) is 0 Å². The van der Waals surface area contributed by atoms with E-state index in [1.54, 1.807) is 6.07 Å². The second-order valence-electron chi connectivity index (χ2n) is 8.53. The molecule has 184 valence electrons. The van der Waals surface area contributed by atoms with Gasteiger partial charge in [-0.25, -0.2) is 4.79 Å². The molecule has 1 amide bonds. The van der Waals surface area contributed by atoms with Crippen molar-refractivity contribution in [2.75, 3.05) is 5.32 Å². The normalized spacial score (nSPS) is 17.5. The third-order valence-electron chi connectivity index (χ3n) is 6.32. The SMILES string of the molecule is Cc1noc(=O)c2ccc(NC(=O)C(O)(CC3CCCc4cccc([N+](=O)[O-])c43)C(F)(F)F)cc12. The number of rotatable bonds is 5. The molecule has 1 aliphatic carbocycles. The Morgan fingerprint density at radius 2 is 2.03 bits per heavy atom. The zero-order valence-corrected chi connectivity index (χ0v) is 18.4. The lowest BCUT2D eigenvalue weighted by atomic mass is 9.75. The fraction of sp³-hybridized carbons (Fsp3) is 0.348. The highest BCUT2D eigenvalue weighted by Crippen LogP contribution is 2.46. The molecule has 0 spiro atoms. The van der Waals surface area contributed by atoms with E-state index >= 15 is 0 Å². The molecule has 12 heteroatoms. The molecule has 2 N–H and O–H groups in total. The Bertz CT molecular complexity index is 1390. The largest absolute Gasteiger partial charge is 0.426 e. The number of halogens is 3. The number of amides is 1. The van der Waals surface area contributed by atoms with E-state index in [9.17, 15) is 38.0 Å². The molecule has 0 radical (unpaired) electrons. The van der Waals surface area contributed by atoms with Crippen molar-refractivity contribution in [2.24, 2.45) is 0 Å². The van der Waals surface area contributed by atoms with Crippen LogP contribution in [0.25, 0.3) is 10.8 Å². The minimum absolute atomic E-state index is 0.101. The van der Waals surface area contributed by atoms with Gasteiger partial charge in [0.25, 0.3) is 11.6 Å².